The lowest BCUT2D eigenvalue weighted by Gasteiger charge is -2.26. The van der Waals surface area contributed by atoms with Gasteiger partial charge >= 0.3 is 0 Å². The largest absolute Gasteiger partial charge is 0.340 e. The third kappa shape index (κ3) is 7.17. The van der Waals surface area contributed by atoms with Gasteiger partial charge < -0.3 is 14.8 Å². The smallest absolute Gasteiger partial charge is 0.230 e. The van der Waals surface area contributed by atoms with Gasteiger partial charge in [-0.15, -0.1) is 0 Å². The summed E-state index contributed by atoms with van der Waals surface area (Å²) in [6.45, 7) is 9.95. The Morgan fingerprint density at radius 3 is 1.87 bits per heavy atom. The number of amides is 2. The first-order chi connectivity index (χ1) is 22.8. The maximum atomic E-state index is 13.3. The van der Waals surface area contributed by atoms with E-state index in [-0.39, 0.29) is 29.7 Å². The number of carbonyl (C=O) groups excluding carboxylic acids is 2. The summed E-state index contributed by atoms with van der Waals surface area (Å²) >= 11 is 0. The van der Waals surface area contributed by atoms with Crippen molar-refractivity contribution in [1.29, 1.82) is 0 Å². The van der Waals surface area contributed by atoms with E-state index in [1.165, 1.54) is 16.7 Å². The van der Waals surface area contributed by atoms with Crippen LogP contribution in [0.25, 0.3) is 22.2 Å². The summed E-state index contributed by atoms with van der Waals surface area (Å²) in [5.41, 5.74) is 7.75. The van der Waals surface area contributed by atoms with Crippen LogP contribution >= 0.6 is 0 Å². The van der Waals surface area contributed by atoms with Crippen molar-refractivity contribution < 1.29 is 9.59 Å². The van der Waals surface area contributed by atoms with Gasteiger partial charge in [-0.25, -0.2) is 4.98 Å². The predicted octanol–water partition coefficient (Wildman–Crippen LogP) is 8.81. The molecule has 0 bridgehead atoms. The molecule has 2 saturated heterocycles. The molecule has 0 spiro atoms. The lowest BCUT2D eigenvalue weighted by Crippen LogP contribution is -2.36. The number of hydrogen-bond acceptors (Lipinski definition) is 3. The molecule has 2 amide bonds. The number of likely N-dealkylation sites (tertiary alicyclic amines) is 2. The van der Waals surface area contributed by atoms with Crippen LogP contribution in [0.1, 0.15) is 86.8 Å². The first-order valence-corrected chi connectivity index (χ1v) is 17.1. The van der Waals surface area contributed by atoms with Gasteiger partial charge in [-0.3, -0.25) is 9.59 Å². The molecule has 242 valence electrons. The Morgan fingerprint density at radius 2 is 1.28 bits per heavy atom. The summed E-state index contributed by atoms with van der Waals surface area (Å²) in [6, 6.07) is 35.4. The molecule has 6 nitrogen and oxygen atoms in total. The topological polar surface area (TPSA) is 69.3 Å². The Hall–Kier alpha value is -4.71. The number of aromatic nitrogens is 2. The van der Waals surface area contributed by atoms with Gasteiger partial charge in [0.05, 0.1) is 28.9 Å². The first-order valence-electron chi connectivity index (χ1n) is 17.1. The number of carbonyl (C=O) groups is 2. The average molecular weight is 627 g/mol. The molecule has 2 aliphatic rings. The van der Waals surface area contributed by atoms with Crippen LogP contribution in [0.15, 0.2) is 103 Å². The summed E-state index contributed by atoms with van der Waals surface area (Å²) < 4.78 is 0. The van der Waals surface area contributed by atoms with Crippen LogP contribution in [-0.4, -0.2) is 50.7 Å². The summed E-state index contributed by atoms with van der Waals surface area (Å²) in [7, 11) is 0. The van der Waals surface area contributed by atoms with Gasteiger partial charge in [-0.05, 0) is 87.8 Å². The van der Waals surface area contributed by atoms with Crippen LogP contribution < -0.4 is 0 Å². The number of aryl methyl sites for hydroxylation is 1. The van der Waals surface area contributed by atoms with Gasteiger partial charge in [-0.1, -0.05) is 96.6 Å². The Balaban J connectivity index is 0.000000203. The highest BCUT2D eigenvalue weighted by Crippen LogP contribution is 2.35. The molecule has 47 heavy (non-hydrogen) atoms. The fourth-order valence-electron chi connectivity index (χ4n) is 6.95. The zero-order valence-electron chi connectivity index (χ0n) is 28.0. The van der Waals surface area contributed by atoms with Crippen molar-refractivity contribution in [3.63, 3.8) is 0 Å². The Labute approximate surface area is 278 Å². The standard InChI is InChI=1S/C27H27N3O.C14H19NO/c1-18-10-12-21(13-11-18)22-14-15-23-24(17-22)29-26(28-23)25-9-6-16-30(25)27(31)19(2)20-7-4-3-5-8-20;1-11-7-6-10-15(11)14(16)12(2)13-8-4-3-5-9-13/h3-5,7-8,10-15,17,19,25H,6,9,16H2,1-2H3,(H,28,29);3-5,8-9,11-12H,6-7,10H2,1-2H3/t19-,25+;11-,12-/m11/s1. The van der Waals surface area contributed by atoms with Crippen LogP contribution in [0.4, 0.5) is 0 Å². The van der Waals surface area contributed by atoms with E-state index in [9.17, 15) is 9.59 Å². The van der Waals surface area contributed by atoms with Crippen molar-refractivity contribution in [3.05, 3.63) is 126 Å². The van der Waals surface area contributed by atoms with Gasteiger partial charge in [-0.2, -0.15) is 0 Å². The molecule has 1 aromatic heterocycles. The highest BCUT2D eigenvalue weighted by molar-refractivity contribution is 5.85. The Morgan fingerprint density at radius 1 is 0.723 bits per heavy atom. The van der Waals surface area contributed by atoms with Crippen LogP contribution in [0.5, 0.6) is 0 Å². The lowest BCUT2D eigenvalue weighted by atomic mass is 9.99. The Kier molecular flexibility index (Phi) is 9.86. The SMILES string of the molecule is C[C@@H]1CCCN1C(=O)[C@H](C)c1ccccc1.Cc1ccc(-c2ccc3nc([C@@H]4CCCN4C(=O)[C@H](C)c4ccccc4)[nH]c3c2)cc1. The number of aromatic amines is 1. The molecular formula is C41H46N4O2. The molecule has 2 aliphatic heterocycles. The summed E-state index contributed by atoms with van der Waals surface area (Å²) in [6.07, 6.45) is 4.24. The van der Waals surface area contributed by atoms with Crippen LogP contribution in [0, 0.1) is 6.92 Å². The summed E-state index contributed by atoms with van der Waals surface area (Å²) in [4.78, 5) is 38.0. The zero-order chi connectivity index (χ0) is 32.9. The molecule has 0 aliphatic carbocycles. The number of nitrogens with one attached hydrogen (secondary N) is 1. The minimum atomic E-state index is -0.153. The second-order valence-electron chi connectivity index (χ2n) is 13.2. The van der Waals surface area contributed by atoms with E-state index < -0.39 is 0 Å². The maximum absolute atomic E-state index is 13.3. The van der Waals surface area contributed by atoms with Crippen molar-refractivity contribution in [2.24, 2.45) is 0 Å². The predicted molar refractivity (Wildman–Crippen MR) is 190 cm³/mol. The minimum Gasteiger partial charge on any atom is -0.340 e. The van der Waals surface area contributed by atoms with E-state index in [2.05, 4.69) is 61.3 Å². The highest BCUT2D eigenvalue weighted by atomic mass is 16.2. The van der Waals surface area contributed by atoms with E-state index >= 15 is 0 Å². The lowest BCUT2D eigenvalue weighted by molar-refractivity contribution is -0.134. The van der Waals surface area contributed by atoms with Gasteiger partial charge in [0.1, 0.15) is 5.82 Å². The molecular weight excluding hydrogens is 580 g/mol. The zero-order valence-corrected chi connectivity index (χ0v) is 28.0. The van der Waals surface area contributed by atoms with E-state index in [4.69, 9.17) is 4.98 Å². The van der Waals surface area contributed by atoms with Gasteiger partial charge in [0.25, 0.3) is 0 Å². The number of hydrogen-bond donors (Lipinski definition) is 1. The third-order valence-corrected chi connectivity index (χ3v) is 9.91. The number of H-pyrrole nitrogens is 1. The molecule has 3 heterocycles. The molecule has 0 unspecified atom stereocenters. The molecule has 1 N–H and O–H groups in total. The molecule has 6 heteroatoms. The molecule has 0 radical (unpaired) electrons. The van der Waals surface area contributed by atoms with Crippen LogP contribution in [-0.2, 0) is 9.59 Å². The van der Waals surface area contributed by atoms with E-state index in [1.807, 2.05) is 84.3 Å². The van der Waals surface area contributed by atoms with Crippen LogP contribution in [0.2, 0.25) is 0 Å². The van der Waals surface area contributed by atoms with Crippen molar-refractivity contribution in [2.45, 2.75) is 77.3 Å². The van der Waals surface area contributed by atoms with Crippen molar-refractivity contribution in [2.75, 3.05) is 13.1 Å². The van der Waals surface area contributed by atoms with E-state index in [0.717, 1.165) is 66.8 Å². The van der Waals surface area contributed by atoms with Gasteiger partial charge in [0.15, 0.2) is 0 Å². The molecule has 5 aromatic rings. The fraction of sp³-hybridized carbons (Fsp3) is 0.341. The second kappa shape index (κ2) is 14.4. The van der Waals surface area contributed by atoms with Gasteiger partial charge in [0.2, 0.25) is 11.8 Å². The monoisotopic (exact) mass is 626 g/mol. The van der Waals surface area contributed by atoms with Crippen molar-refractivity contribution >= 4 is 22.8 Å². The number of benzene rings is 4. The van der Waals surface area contributed by atoms with E-state index in [1.54, 1.807) is 0 Å². The third-order valence-electron chi connectivity index (χ3n) is 9.91. The normalized spacial score (nSPS) is 18.9. The number of fused-ring (bicyclic) bond motifs is 1. The van der Waals surface area contributed by atoms with Gasteiger partial charge in [0, 0.05) is 19.1 Å². The van der Waals surface area contributed by atoms with Crippen molar-refractivity contribution in [1.82, 2.24) is 19.8 Å². The molecule has 4 atom stereocenters. The second-order valence-corrected chi connectivity index (χ2v) is 13.2. The number of nitrogens with zero attached hydrogens (tertiary/aromatic N) is 3. The Bertz CT molecular complexity index is 1800. The maximum Gasteiger partial charge on any atom is 0.230 e. The number of rotatable bonds is 6. The number of imidazole rings is 1. The minimum absolute atomic E-state index is 0.00823. The summed E-state index contributed by atoms with van der Waals surface area (Å²) in [5.74, 6) is 1.17. The van der Waals surface area contributed by atoms with Crippen molar-refractivity contribution in [3.8, 4) is 11.1 Å². The van der Waals surface area contributed by atoms with Crippen LogP contribution in [0.3, 0.4) is 0 Å². The molecule has 2 fully saturated rings. The first kappa shape index (κ1) is 32.2. The fourth-order valence-corrected chi connectivity index (χ4v) is 6.95. The quantitative estimate of drug-likeness (QED) is 0.205. The molecule has 7 rings (SSSR count). The summed E-state index contributed by atoms with van der Waals surface area (Å²) in [5, 5.41) is 0. The molecule has 4 aromatic carbocycles. The average Bonchev–Trinajstić information content (AvgIpc) is 3.88. The molecule has 0 saturated carbocycles. The highest BCUT2D eigenvalue weighted by Gasteiger charge is 2.34. The van der Waals surface area contributed by atoms with E-state index in [0.29, 0.717) is 6.04 Å².